The van der Waals surface area contributed by atoms with Crippen LogP contribution in [-0.4, -0.2) is 64.4 Å². The third kappa shape index (κ3) is 5.21. The van der Waals surface area contributed by atoms with Crippen molar-refractivity contribution >= 4 is 17.1 Å². The molecular weight excluding hydrogens is 456 g/mol. The summed E-state index contributed by atoms with van der Waals surface area (Å²) in [6, 6.07) is 15.7. The Bertz CT molecular complexity index is 1410. The van der Waals surface area contributed by atoms with Crippen LogP contribution in [0.3, 0.4) is 0 Å². The lowest BCUT2D eigenvalue weighted by Gasteiger charge is -2.13. The SMILES string of the molecule is COc1cccc(-n2c(=O)n(Cc3ccccc3OCCCN(C)C)c3cnc(NC4CC4)nc32)c1. The molecule has 0 bridgehead atoms. The van der Waals surface area contributed by atoms with Gasteiger partial charge in [0.05, 0.1) is 32.1 Å². The summed E-state index contributed by atoms with van der Waals surface area (Å²) in [6.45, 7) is 1.90. The molecule has 0 amide bonds. The van der Waals surface area contributed by atoms with Crippen molar-refractivity contribution < 1.29 is 9.47 Å². The highest BCUT2D eigenvalue weighted by Crippen LogP contribution is 2.26. The van der Waals surface area contributed by atoms with Crippen LogP contribution in [0.1, 0.15) is 24.8 Å². The molecular formula is C27H32N6O3. The van der Waals surface area contributed by atoms with Crippen molar-refractivity contribution in [3.8, 4) is 17.2 Å². The fraction of sp³-hybridized carbons (Fsp3) is 0.370. The molecule has 0 radical (unpaired) electrons. The van der Waals surface area contributed by atoms with Crippen molar-refractivity contribution in [3.63, 3.8) is 0 Å². The maximum atomic E-state index is 13.8. The van der Waals surface area contributed by atoms with Crippen molar-refractivity contribution in [1.29, 1.82) is 0 Å². The number of benzene rings is 2. The summed E-state index contributed by atoms with van der Waals surface area (Å²) in [6.07, 6.45) is 4.86. The number of imidazole rings is 1. The van der Waals surface area contributed by atoms with Gasteiger partial charge in [-0.15, -0.1) is 0 Å². The first-order valence-corrected chi connectivity index (χ1v) is 12.3. The van der Waals surface area contributed by atoms with Gasteiger partial charge in [-0.05, 0) is 51.6 Å². The molecule has 5 rings (SSSR count). The maximum Gasteiger partial charge on any atom is 0.335 e. The predicted molar refractivity (Wildman–Crippen MR) is 141 cm³/mol. The molecule has 1 saturated carbocycles. The number of rotatable bonds is 11. The Morgan fingerprint density at radius 2 is 1.97 bits per heavy atom. The minimum absolute atomic E-state index is 0.196. The average Bonchev–Trinajstić information content (AvgIpc) is 3.66. The fourth-order valence-corrected chi connectivity index (χ4v) is 4.16. The largest absolute Gasteiger partial charge is 0.497 e. The number of anilines is 1. The van der Waals surface area contributed by atoms with Gasteiger partial charge in [0, 0.05) is 24.2 Å². The van der Waals surface area contributed by atoms with Gasteiger partial charge in [-0.1, -0.05) is 24.3 Å². The first kappa shape index (κ1) is 23.9. The Hall–Kier alpha value is -3.85. The van der Waals surface area contributed by atoms with Crippen molar-refractivity contribution in [1.82, 2.24) is 24.0 Å². The van der Waals surface area contributed by atoms with Crippen LogP contribution in [0.5, 0.6) is 11.5 Å². The molecule has 1 aliphatic carbocycles. The molecule has 9 heteroatoms. The van der Waals surface area contributed by atoms with Crippen LogP contribution < -0.4 is 20.5 Å². The van der Waals surface area contributed by atoms with Gasteiger partial charge in [0.2, 0.25) is 5.95 Å². The van der Waals surface area contributed by atoms with E-state index in [0.29, 0.717) is 47.7 Å². The highest BCUT2D eigenvalue weighted by molar-refractivity contribution is 5.74. The van der Waals surface area contributed by atoms with Gasteiger partial charge in [-0.3, -0.25) is 4.57 Å². The second-order valence-electron chi connectivity index (χ2n) is 9.34. The molecule has 188 valence electrons. The van der Waals surface area contributed by atoms with E-state index in [0.717, 1.165) is 37.1 Å². The summed E-state index contributed by atoms with van der Waals surface area (Å²) in [4.78, 5) is 25.2. The van der Waals surface area contributed by atoms with Crippen molar-refractivity contribution in [2.75, 3.05) is 39.7 Å². The highest BCUT2D eigenvalue weighted by atomic mass is 16.5. The summed E-state index contributed by atoms with van der Waals surface area (Å²) >= 11 is 0. The monoisotopic (exact) mass is 488 g/mol. The van der Waals surface area contributed by atoms with E-state index in [1.54, 1.807) is 22.4 Å². The standard InChI is InChI=1S/C27H32N6O3/c1-31(2)14-7-15-36-24-11-5-4-8-19(24)18-32-23-17-28-26(29-20-12-13-20)30-25(23)33(27(32)34)21-9-6-10-22(16-21)35-3/h4-6,8-11,16-17,20H,7,12-15,18H2,1-3H3,(H,28,29,30). The van der Waals surface area contributed by atoms with Gasteiger partial charge in [0.15, 0.2) is 5.65 Å². The summed E-state index contributed by atoms with van der Waals surface area (Å²) in [7, 11) is 5.71. The molecule has 0 unspecified atom stereocenters. The molecule has 2 aromatic heterocycles. The Balaban J connectivity index is 1.54. The fourth-order valence-electron chi connectivity index (χ4n) is 4.16. The molecule has 1 aliphatic rings. The molecule has 0 aliphatic heterocycles. The van der Waals surface area contributed by atoms with Crippen molar-refractivity contribution in [2.24, 2.45) is 0 Å². The van der Waals surface area contributed by atoms with Gasteiger partial charge in [0.1, 0.15) is 17.0 Å². The Morgan fingerprint density at radius 1 is 1.14 bits per heavy atom. The number of hydrogen-bond donors (Lipinski definition) is 1. The minimum atomic E-state index is -0.196. The van der Waals surface area contributed by atoms with Crippen LogP contribution in [0.15, 0.2) is 59.5 Å². The molecule has 0 spiro atoms. The summed E-state index contributed by atoms with van der Waals surface area (Å²) < 4.78 is 14.8. The van der Waals surface area contributed by atoms with Crippen LogP contribution in [-0.2, 0) is 6.54 Å². The molecule has 1 fully saturated rings. The molecule has 9 nitrogen and oxygen atoms in total. The number of methoxy groups -OCH3 is 1. The number of ether oxygens (including phenoxy) is 2. The van der Waals surface area contributed by atoms with Crippen molar-refractivity contribution in [2.45, 2.75) is 31.8 Å². The van der Waals surface area contributed by atoms with Crippen LogP contribution in [0.2, 0.25) is 0 Å². The lowest BCUT2D eigenvalue weighted by atomic mass is 10.2. The molecule has 4 aromatic rings. The number of nitrogens with zero attached hydrogens (tertiary/aromatic N) is 5. The zero-order valence-electron chi connectivity index (χ0n) is 21.0. The molecule has 2 heterocycles. The lowest BCUT2D eigenvalue weighted by molar-refractivity contribution is 0.279. The molecule has 1 N–H and O–H groups in total. The summed E-state index contributed by atoms with van der Waals surface area (Å²) in [5.74, 6) is 1.98. The summed E-state index contributed by atoms with van der Waals surface area (Å²) in [5.41, 5.74) is 2.63. The predicted octanol–water partition coefficient (Wildman–Crippen LogP) is 3.54. The van der Waals surface area contributed by atoms with Crippen LogP contribution in [0.25, 0.3) is 16.9 Å². The van der Waals surface area contributed by atoms with Crippen LogP contribution in [0, 0.1) is 0 Å². The van der Waals surface area contributed by atoms with Crippen LogP contribution >= 0.6 is 0 Å². The number of nitrogens with one attached hydrogen (secondary N) is 1. The molecule has 0 saturated heterocycles. The van der Waals surface area contributed by atoms with Gasteiger partial charge in [0.25, 0.3) is 0 Å². The topological polar surface area (TPSA) is 86.4 Å². The molecule has 36 heavy (non-hydrogen) atoms. The normalized spacial score (nSPS) is 13.3. The Labute approximate surface area is 210 Å². The van der Waals surface area contributed by atoms with Crippen LogP contribution in [0.4, 0.5) is 5.95 Å². The zero-order valence-corrected chi connectivity index (χ0v) is 21.0. The van der Waals surface area contributed by atoms with Crippen molar-refractivity contribution in [3.05, 3.63) is 70.8 Å². The summed E-state index contributed by atoms with van der Waals surface area (Å²) in [5, 5.41) is 3.34. The van der Waals surface area contributed by atoms with E-state index in [1.165, 1.54) is 0 Å². The van der Waals surface area contributed by atoms with E-state index in [-0.39, 0.29) is 5.69 Å². The van der Waals surface area contributed by atoms with Gasteiger partial charge in [-0.25, -0.2) is 14.3 Å². The number of fused-ring (bicyclic) bond motifs is 1. The second kappa shape index (κ2) is 10.4. The number of hydrogen-bond acceptors (Lipinski definition) is 7. The third-order valence-electron chi connectivity index (χ3n) is 6.21. The van der Waals surface area contributed by atoms with E-state index in [1.807, 2.05) is 62.6 Å². The molecule has 0 atom stereocenters. The second-order valence-corrected chi connectivity index (χ2v) is 9.34. The first-order chi connectivity index (χ1) is 17.5. The highest BCUT2D eigenvalue weighted by Gasteiger charge is 2.24. The smallest absolute Gasteiger partial charge is 0.335 e. The van der Waals surface area contributed by atoms with Gasteiger partial charge < -0.3 is 19.7 Å². The van der Waals surface area contributed by atoms with E-state index < -0.39 is 0 Å². The maximum absolute atomic E-state index is 13.8. The van der Waals surface area contributed by atoms with Gasteiger partial charge in [-0.2, -0.15) is 4.98 Å². The van der Waals surface area contributed by atoms with E-state index in [4.69, 9.17) is 14.5 Å². The lowest BCUT2D eigenvalue weighted by Crippen LogP contribution is -2.24. The zero-order chi connectivity index (χ0) is 25.1. The quantitative estimate of drug-likeness (QED) is 0.323. The molecule has 2 aromatic carbocycles. The van der Waals surface area contributed by atoms with Gasteiger partial charge >= 0.3 is 5.69 Å². The average molecular weight is 489 g/mol. The number of aromatic nitrogens is 4. The minimum Gasteiger partial charge on any atom is -0.497 e. The Morgan fingerprint density at radius 3 is 2.75 bits per heavy atom. The van der Waals surface area contributed by atoms with E-state index in [2.05, 4.69) is 15.2 Å². The van der Waals surface area contributed by atoms with E-state index >= 15 is 0 Å². The first-order valence-electron chi connectivity index (χ1n) is 12.3. The third-order valence-corrected chi connectivity index (χ3v) is 6.21. The van der Waals surface area contributed by atoms with E-state index in [9.17, 15) is 4.79 Å². The number of para-hydroxylation sites is 1. The Kier molecular flexibility index (Phi) is 6.90.